The van der Waals surface area contributed by atoms with Crippen LogP contribution in [0.4, 0.5) is 17.3 Å². The summed E-state index contributed by atoms with van der Waals surface area (Å²) < 4.78 is 1.66. The average molecular weight is 369 g/mol. The number of fused-ring (bicyclic) bond motifs is 3. The van der Waals surface area contributed by atoms with Crippen LogP contribution in [0.3, 0.4) is 0 Å². The second-order valence-electron chi connectivity index (χ2n) is 7.32. The van der Waals surface area contributed by atoms with Gasteiger partial charge < -0.3 is 21.3 Å². The van der Waals surface area contributed by atoms with E-state index in [4.69, 9.17) is 5.73 Å². The van der Waals surface area contributed by atoms with Gasteiger partial charge in [-0.25, -0.2) is 9.97 Å². The average Bonchev–Trinajstić information content (AvgIpc) is 2.62. The molecule has 0 bridgehead atoms. The molecule has 4 rings (SSSR count). The summed E-state index contributed by atoms with van der Waals surface area (Å²) in [6.45, 7) is 5.23. The number of rotatable bonds is 2. The number of hydrogen-bond donors (Lipinski definition) is 3. The van der Waals surface area contributed by atoms with Crippen LogP contribution in [-0.4, -0.2) is 51.5 Å². The Labute approximate surface area is 156 Å². The molecule has 1 amide bonds. The molecule has 0 radical (unpaired) electrons. The van der Waals surface area contributed by atoms with E-state index in [9.17, 15) is 9.59 Å². The fourth-order valence-corrected chi connectivity index (χ4v) is 3.97. The first-order chi connectivity index (χ1) is 12.9. The number of carbonyl (C=O) groups is 1. The SMILES string of the molecule is Cc1cc(Nc2ncnc(N)c2C)c(=O)n2c1C(=O)NC1CN(C)CCC12. The summed E-state index contributed by atoms with van der Waals surface area (Å²) in [6.07, 6.45) is 2.16. The maximum atomic E-state index is 13.3. The Morgan fingerprint density at radius 3 is 2.85 bits per heavy atom. The molecule has 0 spiro atoms. The Hall–Kier alpha value is -2.94. The van der Waals surface area contributed by atoms with Crippen LogP contribution in [-0.2, 0) is 0 Å². The lowest BCUT2D eigenvalue weighted by atomic mass is 9.94. The van der Waals surface area contributed by atoms with Crippen LogP contribution in [0.15, 0.2) is 17.2 Å². The third-order valence-electron chi connectivity index (χ3n) is 5.44. The van der Waals surface area contributed by atoms with Crippen LogP contribution in [0.25, 0.3) is 0 Å². The maximum Gasteiger partial charge on any atom is 0.275 e. The highest BCUT2D eigenvalue weighted by atomic mass is 16.2. The van der Waals surface area contributed by atoms with Crippen LogP contribution in [0, 0.1) is 13.8 Å². The molecule has 2 aliphatic rings. The minimum atomic E-state index is -0.221. The zero-order valence-corrected chi connectivity index (χ0v) is 15.6. The monoisotopic (exact) mass is 369 g/mol. The Morgan fingerprint density at radius 1 is 1.30 bits per heavy atom. The number of nitrogens with one attached hydrogen (secondary N) is 2. The number of carbonyl (C=O) groups excluding carboxylic acids is 1. The molecule has 4 heterocycles. The molecule has 2 aromatic heterocycles. The molecule has 0 aromatic carbocycles. The molecule has 9 heteroatoms. The predicted octanol–water partition coefficient (Wildman–Crippen LogP) is 0.570. The van der Waals surface area contributed by atoms with E-state index in [2.05, 4.69) is 25.5 Å². The van der Waals surface area contributed by atoms with E-state index < -0.39 is 0 Å². The quantitative estimate of drug-likeness (QED) is 0.708. The number of nitrogen functional groups attached to an aromatic ring is 1. The summed E-state index contributed by atoms with van der Waals surface area (Å²) in [5, 5.41) is 6.15. The number of hydrogen-bond acceptors (Lipinski definition) is 7. The Balaban J connectivity index is 1.82. The third-order valence-corrected chi connectivity index (χ3v) is 5.44. The highest BCUT2D eigenvalue weighted by Crippen LogP contribution is 2.29. The fourth-order valence-electron chi connectivity index (χ4n) is 3.97. The van der Waals surface area contributed by atoms with Gasteiger partial charge in [0, 0.05) is 12.1 Å². The van der Waals surface area contributed by atoms with Crippen LogP contribution < -0.4 is 21.9 Å². The number of anilines is 3. The molecule has 0 saturated carbocycles. The molecule has 9 nitrogen and oxygen atoms in total. The van der Waals surface area contributed by atoms with Gasteiger partial charge in [-0.15, -0.1) is 0 Å². The number of amides is 1. The largest absolute Gasteiger partial charge is 0.383 e. The molecule has 1 fully saturated rings. The van der Waals surface area contributed by atoms with Crippen LogP contribution in [0.2, 0.25) is 0 Å². The van der Waals surface area contributed by atoms with Crippen LogP contribution in [0.5, 0.6) is 0 Å². The Morgan fingerprint density at radius 2 is 2.07 bits per heavy atom. The van der Waals surface area contributed by atoms with Crippen molar-refractivity contribution in [1.29, 1.82) is 0 Å². The van der Waals surface area contributed by atoms with Crippen molar-refractivity contribution in [2.45, 2.75) is 32.4 Å². The number of likely N-dealkylation sites (N-methyl/N-ethyl adjacent to an activating group) is 1. The van der Waals surface area contributed by atoms with Gasteiger partial charge in [0.1, 0.15) is 29.3 Å². The molecule has 0 aliphatic carbocycles. The van der Waals surface area contributed by atoms with Crippen LogP contribution in [0.1, 0.15) is 34.1 Å². The van der Waals surface area contributed by atoms with Gasteiger partial charge in [-0.3, -0.25) is 14.2 Å². The standard InChI is InChI=1S/C18H23N7O2/c1-9-6-11(22-16-10(2)15(19)20-8-21-16)18(27)25-13-4-5-24(3)7-12(13)23-17(26)14(9)25/h6,8,12-13H,4-5,7H2,1-3H3,(H,23,26)(H3,19,20,21,22). The van der Waals surface area contributed by atoms with Crippen molar-refractivity contribution in [3.8, 4) is 0 Å². The first-order valence-corrected chi connectivity index (χ1v) is 8.96. The normalized spacial score (nSPS) is 22.0. The van der Waals surface area contributed by atoms with E-state index in [1.54, 1.807) is 17.6 Å². The van der Waals surface area contributed by atoms with Gasteiger partial charge in [0.15, 0.2) is 0 Å². The third kappa shape index (κ3) is 2.84. The van der Waals surface area contributed by atoms with E-state index >= 15 is 0 Å². The van der Waals surface area contributed by atoms with Gasteiger partial charge in [-0.05, 0) is 45.5 Å². The topological polar surface area (TPSA) is 118 Å². The number of pyridine rings is 1. The van der Waals surface area contributed by atoms with E-state index in [1.165, 1.54) is 6.33 Å². The zero-order chi connectivity index (χ0) is 19.3. The molecule has 2 aliphatic heterocycles. The molecule has 2 unspecified atom stereocenters. The van der Waals surface area contributed by atoms with Crippen molar-refractivity contribution >= 4 is 23.2 Å². The van der Waals surface area contributed by atoms with Crippen molar-refractivity contribution < 1.29 is 4.79 Å². The van der Waals surface area contributed by atoms with Gasteiger partial charge in [0.25, 0.3) is 11.5 Å². The minimum absolute atomic E-state index is 0.0570. The lowest BCUT2D eigenvalue weighted by Crippen LogP contribution is -2.58. The smallest absolute Gasteiger partial charge is 0.275 e. The molecule has 142 valence electrons. The molecule has 4 N–H and O–H groups in total. The second-order valence-corrected chi connectivity index (χ2v) is 7.32. The van der Waals surface area contributed by atoms with Gasteiger partial charge in [0.05, 0.1) is 12.1 Å². The summed E-state index contributed by atoms with van der Waals surface area (Å²) in [5.74, 6) is 0.645. The zero-order valence-electron chi connectivity index (χ0n) is 15.6. The first-order valence-electron chi connectivity index (χ1n) is 8.96. The number of likely N-dealkylation sites (tertiary alicyclic amines) is 1. The summed E-state index contributed by atoms with van der Waals surface area (Å²) in [6, 6.07) is 1.56. The lowest BCUT2D eigenvalue weighted by Gasteiger charge is -2.42. The van der Waals surface area contributed by atoms with E-state index in [-0.39, 0.29) is 23.6 Å². The van der Waals surface area contributed by atoms with E-state index in [1.807, 2.05) is 14.0 Å². The summed E-state index contributed by atoms with van der Waals surface area (Å²) in [4.78, 5) is 36.2. The molecule has 2 aromatic rings. The fraction of sp³-hybridized carbons (Fsp3) is 0.444. The molecule has 27 heavy (non-hydrogen) atoms. The van der Waals surface area contributed by atoms with E-state index in [0.29, 0.717) is 28.6 Å². The van der Waals surface area contributed by atoms with Gasteiger partial charge in [-0.2, -0.15) is 0 Å². The van der Waals surface area contributed by atoms with Crippen molar-refractivity contribution in [2.75, 3.05) is 31.2 Å². The predicted molar refractivity (Wildman–Crippen MR) is 102 cm³/mol. The highest BCUT2D eigenvalue weighted by molar-refractivity contribution is 5.95. The maximum absolute atomic E-state index is 13.3. The Kier molecular flexibility index (Phi) is 4.11. The highest BCUT2D eigenvalue weighted by Gasteiger charge is 2.38. The van der Waals surface area contributed by atoms with E-state index in [0.717, 1.165) is 25.1 Å². The number of piperidine rings is 1. The number of aromatic nitrogens is 3. The van der Waals surface area contributed by atoms with Gasteiger partial charge >= 0.3 is 0 Å². The molecule has 2 atom stereocenters. The second kappa shape index (κ2) is 6.34. The van der Waals surface area contributed by atoms with Gasteiger partial charge in [0.2, 0.25) is 0 Å². The van der Waals surface area contributed by atoms with Gasteiger partial charge in [-0.1, -0.05) is 0 Å². The van der Waals surface area contributed by atoms with Crippen LogP contribution >= 0.6 is 0 Å². The van der Waals surface area contributed by atoms with Crippen molar-refractivity contribution in [3.63, 3.8) is 0 Å². The van der Waals surface area contributed by atoms with Crippen molar-refractivity contribution in [1.82, 2.24) is 24.8 Å². The molecular formula is C18H23N7O2. The summed E-state index contributed by atoms with van der Waals surface area (Å²) in [5.41, 5.74) is 7.85. The first kappa shape index (κ1) is 17.5. The molecule has 1 saturated heterocycles. The summed E-state index contributed by atoms with van der Waals surface area (Å²) in [7, 11) is 2.02. The number of aryl methyl sites for hydroxylation is 1. The van der Waals surface area contributed by atoms with Crippen molar-refractivity contribution in [3.05, 3.63) is 39.6 Å². The minimum Gasteiger partial charge on any atom is -0.383 e. The Bertz CT molecular complexity index is 984. The number of nitrogens with two attached hydrogens (primary N) is 1. The number of nitrogens with zero attached hydrogens (tertiary/aromatic N) is 4. The van der Waals surface area contributed by atoms with Crippen molar-refractivity contribution in [2.24, 2.45) is 0 Å². The molecular weight excluding hydrogens is 346 g/mol. The summed E-state index contributed by atoms with van der Waals surface area (Å²) >= 11 is 0. The lowest BCUT2D eigenvalue weighted by molar-refractivity contribution is 0.0792.